The fourth-order valence-electron chi connectivity index (χ4n) is 4.02. The number of hydrogen-bond acceptors (Lipinski definition) is 6. The number of rotatable bonds is 9. The lowest BCUT2D eigenvalue weighted by Gasteiger charge is -2.15. The Bertz CT molecular complexity index is 1560. The summed E-state index contributed by atoms with van der Waals surface area (Å²) < 4.78 is 36.1. The number of benzene rings is 2. The number of amides is 1. The van der Waals surface area contributed by atoms with Crippen LogP contribution in [0.25, 0.3) is 28.2 Å². The summed E-state index contributed by atoms with van der Waals surface area (Å²) in [4.78, 5) is 20.2. The zero-order valence-corrected chi connectivity index (χ0v) is 21.7. The number of aromatic amines is 1. The predicted molar refractivity (Wildman–Crippen MR) is 145 cm³/mol. The fourth-order valence-corrected chi connectivity index (χ4v) is 4.58. The Kier molecular flexibility index (Phi) is 7.49. The minimum absolute atomic E-state index is 0.252. The Hall–Kier alpha value is -4.31. The normalized spacial score (nSPS) is 12.4. The lowest BCUT2D eigenvalue weighted by Crippen LogP contribution is -2.24. The largest absolute Gasteiger partial charge is 0.493 e. The molecule has 10 heteroatoms. The van der Waals surface area contributed by atoms with Gasteiger partial charge >= 0.3 is 0 Å². The van der Waals surface area contributed by atoms with Gasteiger partial charge < -0.3 is 19.8 Å². The second kappa shape index (κ2) is 10.8. The third-order valence-corrected chi connectivity index (χ3v) is 6.39. The summed E-state index contributed by atoms with van der Waals surface area (Å²) in [5.41, 5.74) is 4.61. The first-order valence-electron chi connectivity index (χ1n) is 11.4. The number of carbonyl (C=O) groups excluding carboxylic acids is 1. The molecule has 0 aliphatic rings. The summed E-state index contributed by atoms with van der Waals surface area (Å²) in [5, 5.41) is 3.81. The Balaban J connectivity index is 1.54. The molecule has 0 aliphatic carbocycles. The lowest BCUT2D eigenvalue weighted by molar-refractivity contribution is -0.117. The first-order chi connectivity index (χ1) is 17.7. The van der Waals surface area contributed by atoms with Gasteiger partial charge in [0.25, 0.3) is 0 Å². The molecule has 0 aliphatic heterocycles. The molecule has 2 heterocycles. The molecule has 2 aromatic heterocycles. The average molecular weight is 521 g/mol. The number of H-pyrrole nitrogens is 1. The van der Waals surface area contributed by atoms with E-state index in [1.54, 1.807) is 50.9 Å². The molecule has 0 radical (unpaired) electrons. The van der Waals surface area contributed by atoms with Gasteiger partial charge in [-0.1, -0.05) is 18.2 Å². The molecule has 1 atom stereocenters. The van der Waals surface area contributed by atoms with Crippen molar-refractivity contribution in [2.24, 2.45) is 0 Å². The molecule has 9 nitrogen and oxygen atoms in total. The number of nitrogens with one attached hydrogen (secondary N) is 3. The van der Waals surface area contributed by atoms with E-state index in [1.807, 2.05) is 37.3 Å². The SMILES string of the molecule is COc1ccc([C@@H](C)NC(=O)/C=C/c2c[nH]c3nccc(-c4ccc(NS(C)(=O)=O)cc4)c23)cc1OC. The molecule has 3 N–H and O–H groups in total. The number of pyridine rings is 1. The van der Waals surface area contributed by atoms with Gasteiger partial charge in [-0.05, 0) is 60.0 Å². The van der Waals surface area contributed by atoms with Gasteiger partial charge in [-0.15, -0.1) is 0 Å². The summed E-state index contributed by atoms with van der Waals surface area (Å²) in [7, 11) is -0.218. The number of ether oxygens (including phenoxy) is 2. The van der Waals surface area contributed by atoms with E-state index in [2.05, 4.69) is 20.0 Å². The zero-order chi connectivity index (χ0) is 26.6. The van der Waals surface area contributed by atoms with Crippen LogP contribution in [0.1, 0.15) is 24.1 Å². The van der Waals surface area contributed by atoms with Crippen molar-refractivity contribution in [3.8, 4) is 22.6 Å². The van der Waals surface area contributed by atoms with Gasteiger partial charge in [-0.2, -0.15) is 0 Å². The van der Waals surface area contributed by atoms with Crippen molar-refractivity contribution in [1.82, 2.24) is 15.3 Å². The molecule has 0 bridgehead atoms. The summed E-state index contributed by atoms with van der Waals surface area (Å²) in [5.74, 6) is 0.962. The van der Waals surface area contributed by atoms with Gasteiger partial charge in [0.05, 0.1) is 26.5 Å². The summed E-state index contributed by atoms with van der Waals surface area (Å²) in [6.07, 6.45) is 7.82. The van der Waals surface area contributed by atoms with Crippen molar-refractivity contribution in [2.75, 3.05) is 25.2 Å². The molecule has 1 amide bonds. The van der Waals surface area contributed by atoms with Gasteiger partial charge in [0.2, 0.25) is 15.9 Å². The van der Waals surface area contributed by atoms with Gasteiger partial charge in [0, 0.05) is 35.1 Å². The van der Waals surface area contributed by atoms with E-state index in [9.17, 15) is 13.2 Å². The minimum Gasteiger partial charge on any atom is -0.493 e. The Morgan fingerprint density at radius 1 is 1.05 bits per heavy atom. The van der Waals surface area contributed by atoms with Crippen LogP contribution >= 0.6 is 0 Å². The highest BCUT2D eigenvalue weighted by Gasteiger charge is 2.13. The summed E-state index contributed by atoms with van der Waals surface area (Å²) >= 11 is 0. The zero-order valence-electron chi connectivity index (χ0n) is 20.9. The number of methoxy groups -OCH3 is 2. The van der Waals surface area contributed by atoms with E-state index in [4.69, 9.17) is 9.47 Å². The van der Waals surface area contributed by atoms with Crippen LogP contribution in [-0.2, 0) is 14.8 Å². The number of carbonyl (C=O) groups is 1. The third-order valence-electron chi connectivity index (χ3n) is 5.78. The maximum absolute atomic E-state index is 12.7. The molecule has 37 heavy (non-hydrogen) atoms. The molecule has 192 valence electrons. The fraction of sp³-hybridized carbons (Fsp3) is 0.185. The molecule has 4 aromatic rings. The van der Waals surface area contributed by atoms with Crippen molar-refractivity contribution >= 4 is 38.7 Å². The molecule has 0 saturated carbocycles. The number of nitrogens with zero attached hydrogens (tertiary/aromatic N) is 1. The third kappa shape index (κ3) is 6.10. The molecule has 0 fully saturated rings. The summed E-state index contributed by atoms with van der Waals surface area (Å²) in [6.45, 7) is 1.89. The average Bonchev–Trinajstić information content (AvgIpc) is 3.30. The quantitative estimate of drug-likeness (QED) is 0.279. The van der Waals surface area contributed by atoms with Gasteiger partial charge in [0.1, 0.15) is 5.65 Å². The van der Waals surface area contributed by atoms with E-state index >= 15 is 0 Å². The van der Waals surface area contributed by atoms with E-state index in [-0.39, 0.29) is 11.9 Å². The highest BCUT2D eigenvalue weighted by Crippen LogP contribution is 2.32. The molecule has 0 saturated heterocycles. The van der Waals surface area contributed by atoms with Crippen LogP contribution < -0.4 is 19.5 Å². The van der Waals surface area contributed by atoms with Crippen LogP contribution in [0, 0.1) is 0 Å². The van der Waals surface area contributed by atoms with Crippen molar-refractivity contribution < 1.29 is 22.7 Å². The lowest BCUT2D eigenvalue weighted by atomic mass is 10.0. The molecular formula is C27H28N4O5S. The smallest absolute Gasteiger partial charge is 0.244 e. The highest BCUT2D eigenvalue weighted by atomic mass is 32.2. The van der Waals surface area contributed by atoms with Crippen LogP contribution in [0.2, 0.25) is 0 Å². The van der Waals surface area contributed by atoms with Crippen molar-refractivity contribution in [2.45, 2.75) is 13.0 Å². The number of anilines is 1. The van der Waals surface area contributed by atoms with Crippen molar-refractivity contribution in [1.29, 1.82) is 0 Å². The molecule has 0 unspecified atom stereocenters. The van der Waals surface area contributed by atoms with Crippen molar-refractivity contribution in [3.05, 3.63) is 78.1 Å². The highest BCUT2D eigenvalue weighted by molar-refractivity contribution is 7.92. The van der Waals surface area contributed by atoms with Crippen LogP contribution in [0.3, 0.4) is 0 Å². The maximum atomic E-state index is 12.7. The standard InChI is InChI=1S/C27H28N4O5S/c1-17(19-7-11-23(35-2)24(15-19)36-3)30-25(32)12-8-20-16-29-27-26(20)22(13-14-28-27)18-5-9-21(10-6-18)31-37(4,33)34/h5-17,31H,1-4H3,(H,28,29)(H,30,32)/b12-8+/t17-/m1/s1. The van der Waals surface area contributed by atoms with Crippen LogP contribution in [0.15, 0.2) is 67.0 Å². The maximum Gasteiger partial charge on any atom is 0.244 e. The second-order valence-electron chi connectivity index (χ2n) is 8.46. The van der Waals surface area contributed by atoms with E-state index in [0.717, 1.165) is 33.9 Å². The second-order valence-corrected chi connectivity index (χ2v) is 10.2. The van der Waals surface area contributed by atoms with Crippen LogP contribution in [0.5, 0.6) is 11.5 Å². The van der Waals surface area contributed by atoms with Gasteiger partial charge in [0.15, 0.2) is 11.5 Å². The summed E-state index contributed by atoms with van der Waals surface area (Å²) in [6, 6.07) is 14.2. The van der Waals surface area contributed by atoms with E-state index in [1.165, 1.54) is 6.08 Å². The van der Waals surface area contributed by atoms with Gasteiger partial charge in [-0.25, -0.2) is 13.4 Å². The number of hydrogen-bond donors (Lipinski definition) is 3. The molecule has 0 spiro atoms. The first-order valence-corrected chi connectivity index (χ1v) is 13.3. The van der Waals surface area contributed by atoms with Gasteiger partial charge in [-0.3, -0.25) is 9.52 Å². The van der Waals surface area contributed by atoms with E-state index < -0.39 is 10.0 Å². The van der Waals surface area contributed by atoms with Crippen LogP contribution in [0.4, 0.5) is 5.69 Å². The Labute approximate surface area is 215 Å². The molecule has 4 rings (SSSR count). The molecule has 2 aromatic carbocycles. The van der Waals surface area contributed by atoms with Crippen LogP contribution in [-0.4, -0.2) is 44.8 Å². The predicted octanol–water partition coefficient (Wildman–Crippen LogP) is 4.51. The topological polar surface area (TPSA) is 122 Å². The Morgan fingerprint density at radius 3 is 2.46 bits per heavy atom. The first kappa shape index (κ1) is 25.8. The Morgan fingerprint density at radius 2 is 1.78 bits per heavy atom. The van der Waals surface area contributed by atoms with E-state index in [0.29, 0.717) is 22.8 Å². The number of aromatic nitrogens is 2. The number of sulfonamides is 1. The molecular weight excluding hydrogens is 492 g/mol. The minimum atomic E-state index is -3.36. The van der Waals surface area contributed by atoms with Crippen molar-refractivity contribution in [3.63, 3.8) is 0 Å². The monoisotopic (exact) mass is 520 g/mol. The number of fused-ring (bicyclic) bond motifs is 1.